The van der Waals surface area contributed by atoms with Gasteiger partial charge >= 0.3 is 37.1 Å². The first kappa shape index (κ1) is 47.2. The minimum absolute atomic E-state index is 0.0224. The van der Waals surface area contributed by atoms with Crippen molar-refractivity contribution in [3.8, 4) is 0 Å². The number of benzene rings is 6. The quantitative estimate of drug-likeness (QED) is 0.0528. The fourth-order valence-electron chi connectivity index (χ4n) is 6.98. The van der Waals surface area contributed by atoms with E-state index in [0.29, 0.717) is 22.9 Å². The highest BCUT2D eigenvalue weighted by Crippen LogP contribution is 2.59. The maximum Gasteiger partial charge on any atom is 0.430 e. The van der Waals surface area contributed by atoms with Gasteiger partial charge in [-0.25, -0.2) is 0 Å². The zero-order valence-corrected chi connectivity index (χ0v) is 30.0. The molecule has 6 aromatic carbocycles. The summed E-state index contributed by atoms with van der Waals surface area (Å²) < 4.78 is 245. The molecule has 25 heteroatoms. The van der Waals surface area contributed by atoms with Crippen LogP contribution in [0.3, 0.4) is 0 Å². The number of nitrogen functional groups attached to an aromatic ring is 4. The highest BCUT2D eigenvalue weighted by molar-refractivity contribution is 6.20. The second-order valence-electron chi connectivity index (χ2n) is 13.6. The molecule has 336 valence electrons. The summed E-state index contributed by atoms with van der Waals surface area (Å²) in [7, 11) is 0. The zero-order valence-electron chi connectivity index (χ0n) is 30.0. The largest absolute Gasteiger partial charge is 0.430 e. The summed E-state index contributed by atoms with van der Waals surface area (Å²) in [6, 6.07) is 12.9. The highest BCUT2D eigenvalue weighted by atomic mass is 19.4. The molecule has 0 amide bonds. The second-order valence-corrected chi connectivity index (χ2v) is 13.6. The smallest absolute Gasteiger partial charge is 0.399 e. The second kappa shape index (κ2) is 14.4. The van der Waals surface area contributed by atoms with E-state index in [0.717, 1.165) is 30.3 Å². The molecule has 0 saturated heterocycles. The Hall–Kier alpha value is -5.82. The average molecular weight is 915 g/mol. The third kappa shape index (κ3) is 6.89. The molecule has 11 N–H and O–H groups in total. The van der Waals surface area contributed by atoms with Crippen LogP contribution in [-0.4, -0.2) is 52.4 Å². The van der Waals surface area contributed by atoms with E-state index in [1.54, 1.807) is 18.2 Å². The van der Waals surface area contributed by atoms with Crippen molar-refractivity contribution in [3.05, 3.63) is 95.6 Å². The van der Waals surface area contributed by atoms with Crippen molar-refractivity contribution < 1.29 is 94.3 Å². The van der Waals surface area contributed by atoms with E-state index in [2.05, 4.69) is 0 Å². The summed E-state index contributed by atoms with van der Waals surface area (Å²) in [6.45, 7) is 0. The lowest BCUT2D eigenvalue weighted by Gasteiger charge is -2.38. The average Bonchev–Trinajstić information content (AvgIpc) is 3.12. The number of nitrogens with two attached hydrogens (primary N) is 4. The van der Waals surface area contributed by atoms with E-state index in [1.165, 1.54) is 12.1 Å². The molecule has 0 aliphatic carbocycles. The van der Waals surface area contributed by atoms with Crippen LogP contribution < -0.4 is 22.9 Å². The summed E-state index contributed by atoms with van der Waals surface area (Å²) in [4.78, 5) is 0. The summed E-state index contributed by atoms with van der Waals surface area (Å²) in [5.41, 5.74) is -4.13. The third-order valence-corrected chi connectivity index (χ3v) is 9.88. The number of aliphatic hydroxyl groups is 3. The molecule has 0 unspecified atom stereocenters. The number of hydrogen-bond acceptors (Lipinski definition) is 7. The van der Waals surface area contributed by atoms with Gasteiger partial charge in [-0.1, -0.05) is 54.6 Å². The molecular formula is C37H24F18N4O3. The molecule has 0 aliphatic heterocycles. The molecule has 0 aliphatic rings. The molecule has 0 heterocycles. The van der Waals surface area contributed by atoms with Crippen LogP contribution >= 0.6 is 0 Å². The zero-order chi connectivity index (χ0) is 47.4. The van der Waals surface area contributed by atoms with Gasteiger partial charge in [0.1, 0.15) is 0 Å². The van der Waals surface area contributed by atoms with E-state index < -0.39 is 109 Å². The summed E-state index contributed by atoms with van der Waals surface area (Å²) >= 11 is 0. The van der Waals surface area contributed by atoms with Gasteiger partial charge in [-0.3, -0.25) is 0 Å². The van der Waals surface area contributed by atoms with Crippen LogP contribution in [0.2, 0.25) is 0 Å². The van der Waals surface area contributed by atoms with Crippen molar-refractivity contribution in [2.45, 2.75) is 53.9 Å². The van der Waals surface area contributed by atoms with Gasteiger partial charge in [-0.15, -0.1) is 0 Å². The van der Waals surface area contributed by atoms with Crippen molar-refractivity contribution in [1.82, 2.24) is 0 Å². The van der Waals surface area contributed by atoms with Gasteiger partial charge in [-0.2, -0.15) is 79.0 Å². The number of hydrogen-bond donors (Lipinski definition) is 7. The predicted molar refractivity (Wildman–Crippen MR) is 189 cm³/mol. The van der Waals surface area contributed by atoms with Crippen LogP contribution in [0.5, 0.6) is 0 Å². The normalized spacial score (nSPS) is 14.1. The highest BCUT2D eigenvalue weighted by Gasteiger charge is 2.75. The molecule has 0 bridgehead atoms. The minimum Gasteiger partial charge on any atom is -0.399 e. The number of alkyl halides is 18. The van der Waals surface area contributed by atoms with Crippen molar-refractivity contribution in [1.29, 1.82) is 0 Å². The van der Waals surface area contributed by atoms with Crippen molar-refractivity contribution in [2.24, 2.45) is 0 Å². The maximum absolute atomic E-state index is 13.8. The SMILES string of the molecule is Nc1c(C(O)(C(F)(F)F)C(F)(F)F)c2c(C(O)(C(F)(F)F)C(F)(F)F)ccc(N)c2c2ccccc12.Nc1cc(C(O)(C(F)(F)F)C(F)(F)F)c2cc(N)c3ccccc3c2c1. The lowest BCUT2D eigenvalue weighted by atomic mass is 9.78. The number of anilines is 4. The molecule has 7 nitrogen and oxygen atoms in total. The van der Waals surface area contributed by atoms with E-state index in [9.17, 15) is 94.3 Å². The summed E-state index contributed by atoms with van der Waals surface area (Å²) in [6.07, 6.45) is -39.0. The Morgan fingerprint density at radius 3 is 1.19 bits per heavy atom. The Bertz CT molecular complexity index is 2680. The monoisotopic (exact) mass is 914 g/mol. The van der Waals surface area contributed by atoms with E-state index in [1.807, 2.05) is 0 Å². The summed E-state index contributed by atoms with van der Waals surface area (Å²) in [5, 5.41) is 25.5. The summed E-state index contributed by atoms with van der Waals surface area (Å²) in [5.74, 6) is 0. The van der Waals surface area contributed by atoms with Crippen molar-refractivity contribution in [2.75, 3.05) is 22.9 Å². The molecular weight excluding hydrogens is 890 g/mol. The molecule has 62 heavy (non-hydrogen) atoms. The molecule has 0 spiro atoms. The van der Waals surface area contributed by atoms with Gasteiger partial charge in [0, 0.05) is 61.0 Å². The van der Waals surface area contributed by atoms with Crippen LogP contribution in [0.1, 0.15) is 16.7 Å². The lowest BCUT2D eigenvalue weighted by Crippen LogP contribution is -2.56. The van der Waals surface area contributed by atoms with Crippen molar-refractivity contribution in [3.63, 3.8) is 0 Å². The standard InChI is InChI=1S/C20H12F12N2O2.C17H12F6N2O/c21-17(22,23)15(35,18(24,25)26)9-5-6-10(33)11-7-3-1-2-4-8(7)14(34)13(12(9)11)16(36,19(27,28)29)20(30,31)32;18-16(19,20)15(26,17(21,22)23)13-6-8(24)5-11-9-3-1-2-4-10(9)14(25)7-12(11)13/h1-6,35-36H,33-34H2;1-7,26H,24-25H2. The molecule has 0 atom stereocenters. The van der Waals surface area contributed by atoms with Crippen LogP contribution in [0.25, 0.3) is 43.1 Å². The van der Waals surface area contributed by atoms with E-state index in [4.69, 9.17) is 22.9 Å². The Balaban J connectivity index is 0.000000246. The van der Waals surface area contributed by atoms with Crippen LogP contribution in [0.4, 0.5) is 102 Å². The van der Waals surface area contributed by atoms with Gasteiger partial charge in [0.2, 0.25) is 0 Å². The Kier molecular flexibility index (Phi) is 10.9. The number of halogens is 18. The van der Waals surface area contributed by atoms with Gasteiger partial charge in [0.05, 0.1) is 0 Å². The molecule has 6 aromatic rings. The van der Waals surface area contributed by atoms with E-state index >= 15 is 0 Å². The van der Waals surface area contributed by atoms with E-state index in [-0.39, 0.29) is 22.8 Å². The van der Waals surface area contributed by atoms with Crippen LogP contribution in [0, 0.1) is 0 Å². The number of rotatable bonds is 3. The minimum atomic E-state index is -6.77. The van der Waals surface area contributed by atoms with Gasteiger partial charge in [0.25, 0.3) is 16.8 Å². The lowest BCUT2D eigenvalue weighted by molar-refractivity contribution is -0.377. The topological polar surface area (TPSA) is 165 Å². The van der Waals surface area contributed by atoms with Crippen LogP contribution in [0.15, 0.2) is 78.9 Å². The van der Waals surface area contributed by atoms with Gasteiger partial charge in [-0.05, 0) is 45.8 Å². The predicted octanol–water partition coefficient (Wildman–Crippen LogP) is 10.3. The Labute approximate surface area is 332 Å². The Morgan fingerprint density at radius 1 is 0.339 bits per heavy atom. The first-order valence-electron chi connectivity index (χ1n) is 16.5. The first-order chi connectivity index (χ1) is 27.9. The molecule has 0 fully saturated rings. The van der Waals surface area contributed by atoms with Crippen molar-refractivity contribution >= 4 is 65.8 Å². The number of fused-ring (bicyclic) bond motifs is 6. The van der Waals surface area contributed by atoms with Gasteiger partial charge < -0.3 is 38.3 Å². The molecule has 0 saturated carbocycles. The molecule has 0 radical (unpaired) electrons. The molecule has 6 rings (SSSR count). The third-order valence-electron chi connectivity index (χ3n) is 9.88. The van der Waals surface area contributed by atoms with Crippen LogP contribution in [-0.2, 0) is 16.8 Å². The Morgan fingerprint density at radius 2 is 0.742 bits per heavy atom. The first-order valence-corrected chi connectivity index (χ1v) is 16.5. The van der Waals surface area contributed by atoms with Gasteiger partial charge in [0.15, 0.2) is 0 Å². The fourth-order valence-corrected chi connectivity index (χ4v) is 6.98. The maximum atomic E-state index is 13.8. The fraction of sp³-hybridized carbons (Fsp3) is 0.243. The molecule has 0 aromatic heterocycles.